The van der Waals surface area contributed by atoms with Crippen molar-refractivity contribution in [1.82, 2.24) is 14.1 Å². The molecule has 0 aromatic carbocycles. The van der Waals surface area contributed by atoms with E-state index in [1.165, 1.54) is 4.31 Å². The van der Waals surface area contributed by atoms with Gasteiger partial charge in [-0.3, -0.25) is 4.68 Å². The largest absolute Gasteiger partial charge is 0.273 e. The summed E-state index contributed by atoms with van der Waals surface area (Å²) >= 11 is 0. The molecule has 17 heavy (non-hydrogen) atoms. The van der Waals surface area contributed by atoms with Crippen molar-refractivity contribution >= 4 is 10.0 Å². The molecule has 5 nitrogen and oxygen atoms in total. The Kier molecular flexibility index (Phi) is 4.70. The lowest BCUT2D eigenvalue weighted by Crippen LogP contribution is -2.29. The van der Waals surface area contributed by atoms with Gasteiger partial charge in [0.25, 0.3) is 0 Å². The zero-order valence-corrected chi connectivity index (χ0v) is 11.8. The molecule has 1 aromatic heterocycles. The second-order valence-corrected chi connectivity index (χ2v) is 6.50. The van der Waals surface area contributed by atoms with Crippen LogP contribution in [0, 0.1) is 6.92 Å². The number of unbranched alkanes of at least 4 members (excludes halogenated alkanes) is 1. The molecule has 0 fully saturated rings. The van der Waals surface area contributed by atoms with Crippen molar-refractivity contribution in [3.8, 4) is 0 Å². The van der Waals surface area contributed by atoms with E-state index in [0.717, 1.165) is 17.7 Å². The van der Waals surface area contributed by atoms with Crippen LogP contribution in [0.1, 0.15) is 31.0 Å². The summed E-state index contributed by atoms with van der Waals surface area (Å²) in [5, 5.41) is 4.11. The third kappa shape index (κ3) is 3.54. The Bertz CT molecular complexity index is 465. The summed E-state index contributed by atoms with van der Waals surface area (Å²) in [5.41, 5.74) is 1.96. The van der Waals surface area contributed by atoms with E-state index in [1.807, 2.05) is 20.9 Å². The monoisotopic (exact) mass is 259 g/mol. The van der Waals surface area contributed by atoms with Crippen LogP contribution in [0.25, 0.3) is 0 Å². The fourth-order valence-electron chi connectivity index (χ4n) is 1.52. The highest BCUT2D eigenvalue weighted by molar-refractivity contribution is 7.89. The first-order chi connectivity index (χ1) is 7.88. The quantitative estimate of drug-likeness (QED) is 0.773. The topological polar surface area (TPSA) is 55.2 Å². The van der Waals surface area contributed by atoms with E-state index >= 15 is 0 Å². The second-order valence-electron chi connectivity index (χ2n) is 4.30. The lowest BCUT2D eigenvalue weighted by atomic mass is 10.3. The van der Waals surface area contributed by atoms with Gasteiger partial charge in [0.05, 0.1) is 11.9 Å². The highest BCUT2D eigenvalue weighted by Gasteiger charge is 2.18. The van der Waals surface area contributed by atoms with Gasteiger partial charge in [-0.2, -0.15) is 5.10 Å². The van der Waals surface area contributed by atoms with E-state index in [9.17, 15) is 8.42 Å². The summed E-state index contributed by atoms with van der Waals surface area (Å²) in [5.74, 6) is 0.222. The standard InChI is InChI=1S/C11H21N3O2S/c1-5-6-7-17(15,16)13(3)9-11-8-12-14(4)10(11)2/h8H,5-7,9H2,1-4H3. The van der Waals surface area contributed by atoms with E-state index in [1.54, 1.807) is 17.9 Å². The van der Waals surface area contributed by atoms with Gasteiger partial charge in [-0.15, -0.1) is 0 Å². The summed E-state index contributed by atoms with van der Waals surface area (Å²) in [6.07, 6.45) is 3.32. The minimum atomic E-state index is -3.13. The number of aryl methyl sites for hydroxylation is 1. The van der Waals surface area contributed by atoms with Crippen LogP contribution >= 0.6 is 0 Å². The van der Waals surface area contributed by atoms with E-state index in [-0.39, 0.29) is 5.75 Å². The molecule has 0 amide bonds. The van der Waals surface area contributed by atoms with Crippen LogP contribution in [-0.2, 0) is 23.6 Å². The van der Waals surface area contributed by atoms with Crippen LogP contribution in [-0.4, -0.2) is 35.3 Å². The Hall–Kier alpha value is -0.880. The van der Waals surface area contributed by atoms with Gasteiger partial charge >= 0.3 is 0 Å². The highest BCUT2D eigenvalue weighted by atomic mass is 32.2. The summed E-state index contributed by atoms with van der Waals surface area (Å²) in [4.78, 5) is 0. The predicted molar refractivity (Wildman–Crippen MR) is 68.1 cm³/mol. The zero-order valence-electron chi connectivity index (χ0n) is 11.0. The third-order valence-electron chi connectivity index (χ3n) is 2.96. The minimum absolute atomic E-state index is 0.222. The Balaban J connectivity index is 2.72. The van der Waals surface area contributed by atoms with Crippen LogP contribution in [0.15, 0.2) is 6.20 Å². The van der Waals surface area contributed by atoms with Crippen LogP contribution < -0.4 is 0 Å². The van der Waals surface area contributed by atoms with E-state index in [0.29, 0.717) is 13.0 Å². The summed E-state index contributed by atoms with van der Waals surface area (Å²) < 4.78 is 27.0. The van der Waals surface area contributed by atoms with Crippen LogP contribution in [0.5, 0.6) is 0 Å². The maximum Gasteiger partial charge on any atom is 0.214 e. The molecule has 0 radical (unpaired) electrons. The van der Waals surface area contributed by atoms with Gasteiger partial charge in [0.2, 0.25) is 10.0 Å². The maximum absolute atomic E-state index is 11.9. The molecule has 1 rings (SSSR count). The molecule has 1 aromatic rings. The number of sulfonamides is 1. The van der Waals surface area contributed by atoms with E-state index < -0.39 is 10.0 Å². The van der Waals surface area contributed by atoms with Gasteiger partial charge in [0.1, 0.15) is 0 Å². The highest BCUT2D eigenvalue weighted by Crippen LogP contribution is 2.12. The van der Waals surface area contributed by atoms with Crippen molar-refractivity contribution < 1.29 is 8.42 Å². The van der Waals surface area contributed by atoms with Gasteiger partial charge in [0, 0.05) is 31.9 Å². The molecular weight excluding hydrogens is 238 g/mol. The van der Waals surface area contributed by atoms with Crippen molar-refractivity contribution in [1.29, 1.82) is 0 Å². The molecule has 0 aliphatic rings. The normalized spacial score (nSPS) is 12.3. The number of aromatic nitrogens is 2. The summed E-state index contributed by atoms with van der Waals surface area (Å²) in [6, 6.07) is 0. The van der Waals surface area contributed by atoms with Gasteiger partial charge in [-0.25, -0.2) is 12.7 Å². The van der Waals surface area contributed by atoms with Gasteiger partial charge in [0.15, 0.2) is 0 Å². The lowest BCUT2D eigenvalue weighted by Gasteiger charge is -2.16. The summed E-state index contributed by atoms with van der Waals surface area (Å²) in [6.45, 7) is 4.32. The molecule has 0 saturated carbocycles. The Morgan fingerprint density at radius 2 is 2.12 bits per heavy atom. The van der Waals surface area contributed by atoms with Gasteiger partial charge < -0.3 is 0 Å². The first-order valence-electron chi connectivity index (χ1n) is 5.80. The Labute approximate surface area is 103 Å². The molecule has 0 spiro atoms. The first kappa shape index (κ1) is 14.2. The second kappa shape index (κ2) is 5.64. The lowest BCUT2D eigenvalue weighted by molar-refractivity contribution is 0.464. The number of hydrogen-bond acceptors (Lipinski definition) is 3. The fourth-order valence-corrected chi connectivity index (χ4v) is 2.82. The van der Waals surface area contributed by atoms with Crippen LogP contribution in [0.3, 0.4) is 0 Å². The van der Waals surface area contributed by atoms with Crippen molar-refractivity contribution in [2.45, 2.75) is 33.2 Å². The maximum atomic E-state index is 11.9. The van der Waals surface area contributed by atoms with Gasteiger partial charge in [-0.05, 0) is 13.3 Å². The van der Waals surface area contributed by atoms with Crippen molar-refractivity contribution in [3.63, 3.8) is 0 Å². The van der Waals surface area contributed by atoms with Crippen molar-refractivity contribution in [3.05, 3.63) is 17.5 Å². The molecule has 0 unspecified atom stereocenters. The molecule has 0 aliphatic heterocycles. The molecule has 1 heterocycles. The zero-order chi connectivity index (χ0) is 13.1. The van der Waals surface area contributed by atoms with Crippen LogP contribution in [0.4, 0.5) is 0 Å². The Morgan fingerprint density at radius 3 is 2.59 bits per heavy atom. The molecule has 0 atom stereocenters. The van der Waals surface area contributed by atoms with Crippen molar-refractivity contribution in [2.75, 3.05) is 12.8 Å². The van der Waals surface area contributed by atoms with Crippen molar-refractivity contribution in [2.24, 2.45) is 7.05 Å². The molecule has 6 heteroatoms. The minimum Gasteiger partial charge on any atom is -0.273 e. The predicted octanol–water partition coefficient (Wildman–Crippen LogP) is 1.29. The molecule has 0 aliphatic carbocycles. The third-order valence-corrected chi connectivity index (χ3v) is 4.84. The molecule has 0 bridgehead atoms. The number of rotatable bonds is 6. The number of hydrogen-bond donors (Lipinski definition) is 0. The molecule has 0 N–H and O–H groups in total. The Morgan fingerprint density at radius 1 is 1.47 bits per heavy atom. The molecule has 0 saturated heterocycles. The SMILES string of the molecule is CCCCS(=O)(=O)N(C)Cc1cnn(C)c1C. The average molecular weight is 259 g/mol. The molecular formula is C11H21N3O2S. The fraction of sp³-hybridized carbons (Fsp3) is 0.727. The number of nitrogens with zero attached hydrogens (tertiary/aromatic N) is 3. The molecule has 98 valence electrons. The van der Waals surface area contributed by atoms with Crippen LogP contribution in [0.2, 0.25) is 0 Å². The smallest absolute Gasteiger partial charge is 0.214 e. The van der Waals surface area contributed by atoms with Gasteiger partial charge in [-0.1, -0.05) is 13.3 Å². The first-order valence-corrected chi connectivity index (χ1v) is 7.41. The summed E-state index contributed by atoms with van der Waals surface area (Å²) in [7, 11) is 0.342. The van der Waals surface area contributed by atoms with E-state index in [2.05, 4.69) is 5.10 Å². The average Bonchev–Trinajstić information content (AvgIpc) is 2.58. The van der Waals surface area contributed by atoms with E-state index in [4.69, 9.17) is 0 Å².